The van der Waals surface area contributed by atoms with Gasteiger partial charge in [0.05, 0.1) is 6.61 Å². The molecule has 2 aliphatic rings. The lowest BCUT2D eigenvalue weighted by Crippen LogP contribution is -2.45. The molecule has 2 atom stereocenters. The Kier molecular flexibility index (Phi) is 5.97. The number of phenols is 1. The van der Waals surface area contributed by atoms with E-state index in [9.17, 15) is 9.90 Å². The maximum Gasteiger partial charge on any atom is 0.305 e. The second-order valence-electron chi connectivity index (χ2n) is 9.74. The first-order chi connectivity index (χ1) is 13.2. The molecule has 1 unspecified atom stereocenters. The first kappa shape index (κ1) is 21.0. The lowest BCUT2D eigenvalue weighted by molar-refractivity contribution is -0.143. The summed E-state index contributed by atoms with van der Waals surface area (Å²) in [5, 5.41) is 11.0. The first-order valence-electron chi connectivity index (χ1n) is 10.9. The molecule has 28 heavy (non-hydrogen) atoms. The van der Waals surface area contributed by atoms with Gasteiger partial charge in [0.2, 0.25) is 0 Å². The maximum absolute atomic E-state index is 11.8. The Balaban J connectivity index is 1.93. The second-order valence-corrected chi connectivity index (χ2v) is 9.74. The highest BCUT2D eigenvalue weighted by Gasteiger charge is 2.47. The van der Waals surface area contributed by atoms with E-state index >= 15 is 0 Å². The molecule has 0 spiro atoms. The smallest absolute Gasteiger partial charge is 0.305 e. The lowest BCUT2D eigenvalue weighted by Gasteiger charge is -2.44. The molecule has 2 heterocycles. The summed E-state index contributed by atoms with van der Waals surface area (Å²) in [5.74, 6) is 0.992. The van der Waals surface area contributed by atoms with Crippen LogP contribution in [0.5, 0.6) is 11.5 Å². The molecule has 0 amide bonds. The minimum absolute atomic E-state index is 0.0214. The summed E-state index contributed by atoms with van der Waals surface area (Å²) in [4.78, 5) is 11.8. The van der Waals surface area contributed by atoms with E-state index in [0.29, 0.717) is 13.0 Å². The number of unbranched alkanes of at least 4 members (excludes halogenated alkanes) is 3. The van der Waals surface area contributed by atoms with Crippen molar-refractivity contribution >= 4 is 5.97 Å². The van der Waals surface area contributed by atoms with Gasteiger partial charge in [-0.2, -0.15) is 0 Å². The predicted octanol–water partition coefficient (Wildman–Crippen LogP) is 5.85. The van der Waals surface area contributed by atoms with Crippen LogP contribution >= 0.6 is 0 Å². The fourth-order valence-electron chi connectivity index (χ4n) is 4.92. The molecular formula is C24H36O4. The van der Waals surface area contributed by atoms with Crippen molar-refractivity contribution in [3.05, 3.63) is 23.3 Å². The summed E-state index contributed by atoms with van der Waals surface area (Å²) >= 11 is 0. The van der Waals surface area contributed by atoms with E-state index in [1.54, 1.807) is 0 Å². The van der Waals surface area contributed by atoms with Crippen molar-refractivity contribution in [2.24, 2.45) is 5.92 Å². The molecule has 0 aromatic heterocycles. The van der Waals surface area contributed by atoms with Crippen LogP contribution in [0.3, 0.4) is 0 Å². The zero-order chi connectivity index (χ0) is 20.5. The summed E-state index contributed by atoms with van der Waals surface area (Å²) in [5.41, 5.74) is 1.49. The molecule has 0 bridgehead atoms. The molecule has 1 aromatic carbocycles. The zero-order valence-corrected chi connectivity index (χ0v) is 18.1. The van der Waals surface area contributed by atoms with Crippen LogP contribution < -0.4 is 4.74 Å². The number of cyclic esters (lactones) is 1. The Hall–Kier alpha value is -1.71. The van der Waals surface area contributed by atoms with Crippen molar-refractivity contribution in [2.75, 3.05) is 6.61 Å². The van der Waals surface area contributed by atoms with Gasteiger partial charge in [0.1, 0.15) is 17.1 Å². The SMILES string of the molecule is CCCCCCC(C)(C)c1cc(O)c2c(c1)OC(C)(C)C1CCC(=O)OC[C@@H]21. The molecule has 0 radical (unpaired) electrons. The van der Waals surface area contributed by atoms with Gasteiger partial charge in [-0.1, -0.05) is 46.5 Å². The van der Waals surface area contributed by atoms with Gasteiger partial charge in [0.15, 0.2) is 0 Å². The fraction of sp³-hybridized carbons (Fsp3) is 0.708. The number of rotatable bonds is 6. The third-order valence-electron chi connectivity index (χ3n) is 6.76. The number of hydrogen-bond acceptors (Lipinski definition) is 4. The van der Waals surface area contributed by atoms with Gasteiger partial charge in [-0.25, -0.2) is 0 Å². The predicted molar refractivity (Wildman–Crippen MR) is 111 cm³/mol. The number of carbonyl (C=O) groups excluding carboxylic acids is 1. The molecular weight excluding hydrogens is 352 g/mol. The van der Waals surface area contributed by atoms with Crippen molar-refractivity contribution < 1.29 is 19.4 Å². The molecule has 2 aliphatic heterocycles. The van der Waals surface area contributed by atoms with Crippen molar-refractivity contribution in [1.29, 1.82) is 0 Å². The largest absolute Gasteiger partial charge is 0.508 e. The Morgan fingerprint density at radius 2 is 1.96 bits per heavy atom. The standard InChI is InChI=1S/C24H36O4/c1-6-7-8-9-12-23(2,3)16-13-19(25)22-17-15-27-21(26)11-10-18(17)24(4,5)28-20(22)14-16/h13-14,17-18,25H,6-12,15H2,1-5H3/t17-,18?/m1/s1. The molecule has 4 nitrogen and oxygen atoms in total. The number of aromatic hydroxyl groups is 1. The highest BCUT2D eigenvalue weighted by molar-refractivity contribution is 5.70. The summed E-state index contributed by atoms with van der Waals surface area (Å²) in [6, 6.07) is 4.02. The van der Waals surface area contributed by atoms with Crippen molar-refractivity contribution in [3.8, 4) is 11.5 Å². The van der Waals surface area contributed by atoms with E-state index in [2.05, 4.69) is 40.7 Å². The van der Waals surface area contributed by atoms with Gasteiger partial charge in [-0.3, -0.25) is 4.79 Å². The van der Waals surface area contributed by atoms with Crippen LogP contribution in [0.25, 0.3) is 0 Å². The Morgan fingerprint density at radius 3 is 2.68 bits per heavy atom. The van der Waals surface area contributed by atoms with Crippen LogP contribution in [-0.2, 0) is 14.9 Å². The van der Waals surface area contributed by atoms with Gasteiger partial charge in [-0.05, 0) is 49.8 Å². The van der Waals surface area contributed by atoms with Gasteiger partial charge < -0.3 is 14.6 Å². The Bertz CT molecular complexity index is 720. The first-order valence-corrected chi connectivity index (χ1v) is 10.9. The fourth-order valence-corrected chi connectivity index (χ4v) is 4.92. The quantitative estimate of drug-likeness (QED) is 0.491. The second kappa shape index (κ2) is 7.96. The zero-order valence-electron chi connectivity index (χ0n) is 18.1. The topological polar surface area (TPSA) is 55.8 Å². The number of hydrogen-bond donors (Lipinski definition) is 1. The lowest BCUT2D eigenvalue weighted by atomic mass is 9.71. The van der Waals surface area contributed by atoms with E-state index in [4.69, 9.17) is 9.47 Å². The minimum Gasteiger partial charge on any atom is -0.508 e. The van der Waals surface area contributed by atoms with Gasteiger partial charge in [0.25, 0.3) is 0 Å². The summed E-state index contributed by atoms with van der Waals surface area (Å²) in [6.45, 7) is 11.2. The number of fused-ring (bicyclic) bond motifs is 3. The normalized spacial score (nSPS) is 23.8. The number of esters is 1. The average molecular weight is 389 g/mol. The highest BCUT2D eigenvalue weighted by atomic mass is 16.5. The van der Waals surface area contributed by atoms with E-state index < -0.39 is 5.60 Å². The van der Waals surface area contributed by atoms with Crippen LogP contribution in [0.4, 0.5) is 0 Å². The van der Waals surface area contributed by atoms with E-state index in [1.165, 1.54) is 25.7 Å². The van der Waals surface area contributed by atoms with Crippen molar-refractivity contribution in [1.82, 2.24) is 0 Å². The molecule has 0 saturated carbocycles. The number of benzene rings is 1. The van der Waals surface area contributed by atoms with Gasteiger partial charge in [0, 0.05) is 23.8 Å². The Morgan fingerprint density at radius 1 is 1.21 bits per heavy atom. The molecule has 1 fully saturated rings. The monoisotopic (exact) mass is 388 g/mol. The molecule has 1 aromatic rings. The van der Waals surface area contributed by atoms with E-state index in [0.717, 1.165) is 29.7 Å². The molecule has 1 N–H and O–H groups in total. The van der Waals surface area contributed by atoms with E-state index in [1.807, 2.05) is 6.07 Å². The molecule has 4 heteroatoms. The van der Waals surface area contributed by atoms with Crippen molar-refractivity contribution in [2.45, 2.75) is 96.5 Å². The van der Waals surface area contributed by atoms with E-state index in [-0.39, 0.29) is 29.0 Å². The summed E-state index contributed by atoms with van der Waals surface area (Å²) in [6.07, 6.45) is 7.15. The number of phenolic OH excluding ortho intramolecular Hbond substituents is 1. The third kappa shape index (κ3) is 4.16. The van der Waals surface area contributed by atoms with Crippen LogP contribution in [0.1, 0.15) is 96.6 Å². The Labute approximate surface area is 169 Å². The van der Waals surface area contributed by atoms with Crippen LogP contribution in [0.15, 0.2) is 12.1 Å². The maximum atomic E-state index is 11.8. The number of ether oxygens (including phenoxy) is 2. The summed E-state index contributed by atoms with van der Waals surface area (Å²) < 4.78 is 11.9. The molecule has 3 rings (SSSR count). The van der Waals surface area contributed by atoms with Crippen LogP contribution in [-0.4, -0.2) is 23.3 Å². The molecule has 156 valence electrons. The molecule has 1 saturated heterocycles. The van der Waals surface area contributed by atoms with Crippen LogP contribution in [0, 0.1) is 5.92 Å². The number of carbonyl (C=O) groups is 1. The minimum atomic E-state index is -0.401. The van der Waals surface area contributed by atoms with Crippen LogP contribution in [0.2, 0.25) is 0 Å². The third-order valence-corrected chi connectivity index (χ3v) is 6.76. The average Bonchev–Trinajstić information content (AvgIpc) is 2.80. The van der Waals surface area contributed by atoms with Gasteiger partial charge in [-0.15, -0.1) is 0 Å². The van der Waals surface area contributed by atoms with Gasteiger partial charge >= 0.3 is 5.97 Å². The molecule has 0 aliphatic carbocycles. The summed E-state index contributed by atoms with van der Waals surface area (Å²) in [7, 11) is 0. The highest BCUT2D eigenvalue weighted by Crippen LogP contribution is 2.52. The van der Waals surface area contributed by atoms with Crippen molar-refractivity contribution in [3.63, 3.8) is 0 Å².